The van der Waals surface area contributed by atoms with Crippen LogP contribution in [0, 0.1) is 5.82 Å². The lowest BCUT2D eigenvalue weighted by atomic mass is 9.99. The summed E-state index contributed by atoms with van der Waals surface area (Å²) < 4.78 is 19.9. The van der Waals surface area contributed by atoms with Gasteiger partial charge in [0.1, 0.15) is 5.82 Å². The predicted molar refractivity (Wildman–Crippen MR) is 88.1 cm³/mol. The van der Waals surface area contributed by atoms with E-state index in [-0.39, 0.29) is 28.8 Å². The predicted octanol–water partition coefficient (Wildman–Crippen LogP) is 2.38. The van der Waals surface area contributed by atoms with Gasteiger partial charge >= 0.3 is 0 Å². The molecule has 0 unspecified atom stereocenters. The van der Waals surface area contributed by atoms with E-state index in [9.17, 15) is 14.0 Å². The Hall–Kier alpha value is -2.34. The topological polar surface area (TPSA) is 51.5 Å². The van der Waals surface area contributed by atoms with Crippen molar-refractivity contribution < 1.29 is 13.9 Å². The first kappa shape index (κ1) is 16.5. The minimum absolute atomic E-state index is 0.0174. The van der Waals surface area contributed by atoms with Gasteiger partial charge in [-0.25, -0.2) is 4.39 Å². The second-order valence-corrected chi connectivity index (χ2v) is 6.11. The minimum atomic E-state index is -0.499. The third-order valence-corrected chi connectivity index (χ3v) is 4.42. The van der Waals surface area contributed by atoms with E-state index in [0.29, 0.717) is 18.5 Å². The van der Waals surface area contributed by atoms with Crippen molar-refractivity contribution in [3.05, 3.63) is 62.3 Å². The van der Waals surface area contributed by atoms with Crippen molar-refractivity contribution >= 4 is 17.5 Å². The van der Waals surface area contributed by atoms with Gasteiger partial charge in [-0.2, -0.15) is 0 Å². The number of carbonyl (C=O) groups excluding carboxylic acids is 1. The lowest BCUT2D eigenvalue weighted by molar-refractivity contribution is 0.0722. The van der Waals surface area contributed by atoms with Crippen molar-refractivity contribution in [2.45, 2.75) is 13.0 Å². The van der Waals surface area contributed by atoms with Gasteiger partial charge in [-0.3, -0.25) is 9.59 Å². The van der Waals surface area contributed by atoms with Crippen LogP contribution in [-0.4, -0.2) is 29.0 Å². The average Bonchev–Trinajstić information content (AvgIpc) is 2.55. The van der Waals surface area contributed by atoms with E-state index in [1.807, 2.05) is 0 Å². The second-order valence-electron chi connectivity index (χ2n) is 5.70. The number of hydrogen-bond acceptors (Lipinski definition) is 3. The Morgan fingerprint density at radius 2 is 2.08 bits per heavy atom. The summed E-state index contributed by atoms with van der Waals surface area (Å²) in [4.78, 5) is 26.6. The van der Waals surface area contributed by atoms with Gasteiger partial charge in [0, 0.05) is 26.3 Å². The molecule has 0 atom stereocenters. The molecular weight excluding hydrogens is 335 g/mol. The summed E-state index contributed by atoms with van der Waals surface area (Å²) in [6, 6.07) is 4.36. The first-order valence-corrected chi connectivity index (χ1v) is 7.80. The molecule has 1 aromatic heterocycles. The second kappa shape index (κ2) is 6.28. The number of halogens is 2. The number of nitrogens with zero attached hydrogens (tertiary/aromatic N) is 2. The van der Waals surface area contributed by atoms with Crippen molar-refractivity contribution in [3.63, 3.8) is 0 Å². The number of ether oxygens (including phenoxy) is 1. The number of benzene rings is 1. The van der Waals surface area contributed by atoms with Crippen molar-refractivity contribution in [1.29, 1.82) is 0 Å². The summed E-state index contributed by atoms with van der Waals surface area (Å²) >= 11 is 5.79. The number of hydrogen-bond donors (Lipinski definition) is 0. The average molecular weight is 351 g/mol. The summed E-state index contributed by atoms with van der Waals surface area (Å²) in [5.74, 6) is -0.714. The largest absolute Gasteiger partial charge is 0.490 e. The smallest absolute Gasteiger partial charge is 0.293 e. The zero-order chi connectivity index (χ0) is 17.4. The molecule has 0 saturated heterocycles. The number of carbonyl (C=O) groups is 1. The highest BCUT2D eigenvalue weighted by atomic mass is 35.5. The molecule has 0 radical (unpaired) electrons. The summed E-state index contributed by atoms with van der Waals surface area (Å²) in [6.45, 7) is 0.791. The maximum atomic E-state index is 13.3. The highest BCUT2D eigenvalue weighted by Crippen LogP contribution is 2.26. The lowest BCUT2D eigenvalue weighted by Gasteiger charge is -2.29. The number of rotatable bonds is 3. The Morgan fingerprint density at radius 1 is 1.33 bits per heavy atom. The van der Waals surface area contributed by atoms with Crippen molar-refractivity contribution in [3.8, 4) is 5.75 Å². The van der Waals surface area contributed by atoms with Crippen molar-refractivity contribution in [1.82, 2.24) is 9.47 Å². The molecule has 126 valence electrons. The zero-order valence-electron chi connectivity index (χ0n) is 13.3. The molecule has 2 heterocycles. The molecule has 24 heavy (non-hydrogen) atoms. The van der Waals surface area contributed by atoms with E-state index in [2.05, 4.69) is 0 Å². The number of amides is 1. The zero-order valence-corrected chi connectivity index (χ0v) is 14.1. The first-order chi connectivity index (χ1) is 11.4. The fourth-order valence-corrected chi connectivity index (χ4v) is 3.11. The quantitative estimate of drug-likeness (QED) is 0.854. The van der Waals surface area contributed by atoms with E-state index < -0.39 is 5.82 Å². The van der Waals surface area contributed by atoms with Gasteiger partial charge in [0.05, 0.1) is 17.7 Å². The van der Waals surface area contributed by atoms with Gasteiger partial charge in [-0.1, -0.05) is 17.7 Å². The van der Waals surface area contributed by atoms with Crippen molar-refractivity contribution in [2.24, 2.45) is 7.05 Å². The summed E-state index contributed by atoms with van der Waals surface area (Å²) in [5.41, 5.74) is 1.46. The Balaban J connectivity index is 1.96. The molecule has 7 heteroatoms. The minimum Gasteiger partial charge on any atom is -0.490 e. The maximum absolute atomic E-state index is 13.3. The molecule has 0 spiro atoms. The van der Waals surface area contributed by atoms with Gasteiger partial charge in [-0.15, -0.1) is 0 Å². The third-order valence-electron chi connectivity index (χ3n) is 4.13. The number of aryl methyl sites for hydroxylation is 1. The highest BCUT2D eigenvalue weighted by Gasteiger charge is 2.30. The molecule has 0 N–H and O–H groups in total. The van der Waals surface area contributed by atoms with E-state index in [0.717, 1.165) is 11.1 Å². The van der Waals surface area contributed by atoms with Crippen LogP contribution in [-0.2, 0) is 20.0 Å². The normalized spacial score (nSPS) is 13.8. The van der Waals surface area contributed by atoms with Crippen LogP contribution in [0.25, 0.3) is 0 Å². The fraction of sp³-hybridized carbons (Fsp3) is 0.294. The molecule has 1 aromatic carbocycles. The van der Waals surface area contributed by atoms with Crippen LogP contribution in [0.4, 0.5) is 4.39 Å². The lowest BCUT2D eigenvalue weighted by Crippen LogP contribution is -2.39. The Kier molecular flexibility index (Phi) is 4.32. The van der Waals surface area contributed by atoms with E-state index in [1.165, 1.54) is 23.8 Å². The van der Waals surface area contributed by atoms with Crippen LogP contribution in [0.15, 0.2) is 29.2 Å². The summed E-state index contributed by atoms with van der Waals surface area (Å²) in [7, 11) is 3.01. The maximum Gasteiger partial charge on any atom is 0.293 e. The molecule has 0 bridgehead atoms. The molecule has 2 aromatic rings. The third kappa shape index (κ3) is 2.78. The van der Waals surface area contributed by atoms with Crippen LogP contribution < -0.4 is 10.3 Å². The van der Waals surface area contributed by atoms with Crippen LogP contribution in [0.5, 0.6) is 5.75 Å². The SMILES string of the molecule is COc1c2c(cn(C)c1=O)CCN(Cc1ccc(F)c(Cl)c1)C2=O. The van der Waals surface area contributed by atoms with Gasteiger partial charge < -0.3 is 14.2 Å². The summed E-state index contributed by atoms with van der Waals surface area (Å²) in [5, 5.41) is 0.0174. The highest BCUT2D eigenvalue weighted by molar-refractivity contribution is 6.30. The molecule has 1 aliphatic heterocycles. The molecule has 1 amide bonds. The molecule has 0 aliphatic carbocycles. The van der Waals surface area contributed by atoms with Crippen molar-refractivity contribution in [2.75, 3.05) is 13.7 Å². The monoisotopic (exact) mass is 350 g/mol. The number of fused-ring (bicyclic) bond motifs is 1. The molecule has 3 rings (SSSR count). The molecule has 0 saturated carbocycles. The van der Waals surface area contributed by atoms with Gasteiger partial charge in [0.25, 0.3) is 11.5 Å². The standard InChI is InChI=1S/C17H16ClFN2O3/c1-20-9-11-5-6-21(8-10-3-4-13(19)12(18)7-10)16(22)14(11)15(24-2)17(20)23/h3-4,7,9H,5-6,8H2,1-2H3. The Bertz CT molecular complexity index is 879. The Labute approximate surface area is 143 Å². The van der Waals surface area contributed by atoms with E-state index in [4.69, 9.17) is 16.3 Å². The number of aromatic nitrogens is 1. The molecule has 5 nitrogen and oxygen atoms in total. The van der Waals surface area contributed by atoms with Crippen LogP contribution in [0.1, 0.15) is 21.5 Å². The van der Waals surface area contributed by atoms with Gasteiger partial charge in [0.2, 0.25) is 0 Å². The van der Waals surface area contributed by atoms with E-state index in [1.54, 1.807) is 24.2 Å². The van der Waals surface area contributed by atoms with Crippen LogP contribution in [0.2, 0.25) is 5.02 Å². The van der Waals surface area contributed by atoms with Gasteiger partial charge in [0.15, 0.2) is 5.75 Å². The van der Waals surface area contributed by atoms with E-state index >= 15 is 0 Å². The van der Waals surface area contributed by atoms with Crippen LogP contribution >= 0.6 is 11.6 Å². The van der Waals surface area contributed by atoms with Crippen LogP contribution in [0.3, 0.4) is 0 Å². The number of pyridine rings is 1. The Morgan fingerprint density at radius 3 is 2.75 bits per heavy atom. The first-order valence-electron chi connectivity index (χ1n) is 7.42. The fourth-order valence-electron chi connectivity index (χ4n) is 2.91. The number of methoxy groups -OCH3 is 1. The summed E-state index contributed by atoms with van der Waals surface area (Å²) in [6.07, 6.45) is 2.28. The molecule has 0 fully saturated rings. The molecular formula is C17H16ClFN2O3. The molecule has 1 aliphatic rings. The van der Waals surface area contributed by atoms with Gasteiger partial charge in [-0.05, 0) is 29.7 Å².